The van der Waals surface area contributed by atoms with Gasteiger partial charge in [0.05, 0.1) is 34.2 Å². The van der Waals surface area contributed by atoms with Gasteiger partial charge in [-0.05, 0) is 62.4 Å². The van der Waals surface area contributed by atoms with Crippen molar-refractivity contribution < 1.29 is 38.2 Å². The molecule has 2 aromatic rings. The highest BCUT2D eigenvalue weighted by molar-refractivity contribution is 8.29. The number of nitrogens with one attached hydrogen (secondary N) is 2. The predicted molar refractivity (Wildman–Crippen MR) is 182 cm³/mol. The van der Waals surface area contributed by atoms with E-state index in [1.165, 1.54) is 34.1 Å². The van der Waals surface area contributed by atoms with Crippen LogP contribution < -0.4 is 10.6 Å². The van der Waals surface area contributed by atoms with E-state index in [9.17, 15) is 28.8 Å². The second-order valence-electron chi connectivity index (χ2n) is 9.50. The molecule has 2 aliphatic rings. The first-order chi connectivity index (χ1) is 22.0. The zero-order valence-electron chi connectivity index (χ0n) is 24.7. The minimum Gasteiger partial charge on any atom is -0.462 e. The number of thiocarbonyl (C=S) groups is 2. The van der Waals surface area contributed by atoms with Crippen LogP contribution in [0.2, 0.25) is 0 Å². The van der Waals surface area contributed by atoms with Gasteiger partial charge in [-0.25, -0.2) is 9.59 Å². The molecule has 0 aromatic heterocycles. The Bertz CT molecular complexity index is 1510. The summed E-state index contributed by atoms with van der Waals surface area (Å²) in [6.07, 6.45) is -0.137. The van der Waals surface area contributed by atoms with Gasteiger partial charge in [-0.2, -0.15) is 0 Å². The Morgan fingerprint density at radius 2 is 1.00 bits per heavy atom. The molecule has 0 bridgehead atoms. The highest BCUT2D eigenvalue weighted by Crippen LogP contribution is 2.42. The number of rotatable bonds is 12. The van der Waals surface area contributed by atoms with E-state index in [0.29, 0.717) is 22.5 Å². The Hall–Kier alpha value is -4.12. The lowest BCUT2D eigenvalue weighted by Gasteiger charge is -2.15. The largest absolute Gasteiger partial charge is 0.462 e. The minimum absolute atomic E-state index is 0.0118. The Kier molecular flexibility index (Phi) is 12.0. The zero-order chi connectivity index (χ0) is 33.4. The molecule has 4 rings (SSSR count). The van der Waals surface area contributed by atoms with Crippen molar-refractivity contribution in [2.24, 2.45) is 0 Å². The van der Waals surface area contributed by atoms with Crippen LogP contribution in [0, 0.1) is 0 Å². The Morgan fingerprint density at radius 3 is 1.33 bits per heavy atom. The summed E-state index contributed by atoms with van der Waals surface area (Å²) >= 11 is 12.6. The van der Waals surface area contributed by atoms with Crippen LogP contribution >= 0.6 is 48.0 Å². The van der Waals surface area contributed by atoms with Crippen LogP contribution in [-0.2, 0) is 28.7 Å². The number of amides is 4. The molecule has 0 radical (unpaired) electrons. The van der Waals surface area contributed by atoms with Crippen molar-refractivity contribution in [3.63, 3.8) is 0 Å². The molecule has 46 heavy (non-hydrogen) atoms. The zero-order valence-corrected chi connectivity index (χ0v) is 27.9. The fourth-order valence-corrected chi connectivity index (χ4v) is 6.91. The summed E-state index contributed by atoms with van der Waals surface area (Å²) in [4.78, 5) is 77.9. The minimum atomic E-state index is -0.508. The van der Waals surface area contributed by atoms with E-state index in [1.54, 1.807) is 38.1 Å². The van der Waals surface area contributed by atoms with Crippen LogP contribution in [0.3, 0.4) is 0 Å². The third-order valence-electron chi connectivity index (χ3n) is 6.39. The summed E-state index contributed by atoms with van der Waals surface area (Å²) in [5, 5.41) is 5.41. The van der Waals surface area contributed by atoms with Gasteiger partial charge in [0.1, 0.15) is 8.64 Å². The number of hydrogen-bond donors (Lipinski definition) is 2. The molecule has 2 fully saturated rings. The molecule has 4 amide bonds. The summed E-state index contributed by atoms with van der Waals surface area (Å²) in [6.45, 7) is 3.89. The molecule has 0 spiro atoms. The number of carbonyl (C=O) groups is 6. The lowest BCUT2D eigenvalue weighted by Crippen LogP contribution is -2.33. The fraction of sp³-hybridized carbons (Fsp3) is 0.267. The molecule has 2 saturated heterocycles. The van der Waals surface area contributed by atoms with E-state index in [0.717, 1.165) is 23.5 Å². The molecule has 2 aliphatic heterocycles. The van der Waals surface area contributed by atoms with Crippen molar-refractivity contribution in [2.45, 2.75) is 26.7 Å². The van der Waals surface area contributed by atoms with E-state index in [-0.39, 0.29) is 69.4 Å². The first-order valence-corrected chi connectivity index (χ1v) is 16.4. The molecule has 2 heterocycles. The standard InChI is InChI=1S/C30H28N4O8S4/c1-3-41-27(39)17-5-9-19(10-6-17)31-21(35)13-15-33-25(37)23(45-29(33)43)24-26(38)34(30(44)46-24)16-14-22(36)32-20-11-7-18(8-12-20)28(40)42-4-2/h5-12H,3-4,13-16H2,1-2H3,(H,31,35)(H,32,36). The van der Waals surface area contributed by atoms with Crippen molar-refractivity contribution in [1.82, 2.24) is 9.80 Å². The van der Waals surface area contributed by atoms with Gasteiger partial charge in [-0.15, -0.1) is 0 Å². The van der Waals surface area contributed by atoms with Crippen LogP contribution in [-0.4, -0.2) is 80.3 Å². The summed E-state index contributed by atoms with van der Waals surface area (Å²) in [5.41, 5.74) is 1.64. The Balaban J connectivity index is 1.29. The molecule has 240 valence electrons. The maximum absolute atomic E-state index is 13.2. The molecular weight excluding hydrogens is 673 g/mol. The highest BCUT2D eigenvalue weighted by atomic mass is 32.2. The van der Waals surface area contributed by atoms with Gasteiger partial charge in [0.2, 0.25) is 11.8 Å². The van der Waals surface area contributed by atoms with Crippen molar-refractivity contribution in [3.8, 4) is 0 Å². The SMILES string of the molecule is CCOC(=O)c1ccc(NC(=O)CCN2C(=O)C(=C3SC(=S)N(CCC(=O)Nc4ccc(C(=O)OCC)cc4)C3=O)SC2=S)cc1. The van der Waals surface area contributed by atoms with Crippen LogP contribution in [0.5, 0.6) is 0 Å². The third kappa shape index (κ3) is 8.57. The van der Waals surface area contributed by atoms with E-state index < -0.39 is 23.8 Å². The van der Waals surface area contributed by atoms with Gasteiger partial charge >= 0.3 is 11.9 Å². The lowest BCUT2D eigenvalue weighted by molar-refractivity contribution is -0.125. The lowest BCUT2D eigenvalue weighted by atomic mass is 10.2. The summed E-state index contributed by atoms with van der Waals surface area (Å²) in [7, 11) is 0. The summed E-state index contributed by atoms with van der Waals surface area (Å²) in [5.74, 6) is -2.70. The van der Waals surface area contributed by atoms with Crippen molar-refractivity contribution in [1.29, 1.82) is 0 Å². The average Bonchev–Trinajstić information content (AvgIpc) is 3.47. The number of esters is 2. The van der Waals surface area contributed by atoms with Crippen molar-refractivity contribution >= 4 is 104 Å². The number of ether oxygens (including phenoxy) is 2. The Labute approximate surface area is 283 Å². The molecule has 2 N–H and O–H groups in total. The van der Waals surface area contributed by atoms with Gasteiger partial charge < -0.3 is 20.1 Å². The van der Waals surface area contributed by atoms with Crippen LogP contribution in [0.15, 0.2) is 58.3 Å². The molecule has 2 aromatic carbocycles. The number of hydrogen-bond acceptors (Lipinski definition) is 12. The summed E-state index contributed by atoms with van der Waals surface area (Å²) in [6, 6.07) is 12.4. The summed E-state index contributed by atoms with van der Waals surface area (Å²) < 4.78 is 10.3. The molecule has 12 nitrogen and oxygen atoms in total. The van der Waals surface area contributed by atoms with Crippen molar-refractivity contribution in [2.75, 3.05) is 36.9 Å². The monoisotopic (exact) mass is 700 g/mol. The maximum Gasteiger partial charge on any atom is 0.338 e. The first kappa shape index (κ1) is 34.7. The van der Waals surface area contributed by atoms with Gasteiger partial charge in [0, 0.05) is 37.3 Å². The number of thioether (sulfide) groups is 2. The number of carbonyl (C=O) groups excluding carboxylic acids is 6. The second-order valence-corrected chi connectivity index (χ2v) is 12.8. The van der Waals surface area contributed by atoms with Gasteiger partial charge in [-0.3, -0.25) is 29.0 Å². The normalized spacial score (nSPS) is 16.1. The van der Waals surface area contributed by atoms with E-state index in [1.807, 2.05) is 0 Å². The predicted octanol–water partition coefficient (Wildman–Crippen LogP) is 4.33. The van der Waals surface area contributed by atoms with E-state index in [2.05, 4.69) is 10.6 Å². The topological polar surface area (TPSA) is 151 Å². The van der Waals surface area contributed by atoms with E-state index >= 15 is 0 Å². The van der Waals surface area contributed by atoms with E-state index in [4.69, 9.17) is 33.9 Å². The smallest absolute Gasteiger partial charge is 0.338 e. The molecule has 16 heteroatoms. The molecular formula is C30H28N4O8S4. The first-order valence-electron chi connectivity index (χ1n) is 14.0. The third-order valence-corrected chi connectivity index (χ3v) is 9.41. The molecule has 0 atom stereocenters. The molecule has 0 saturated carbocycles. The number of nitrogens with zero attached hydrogens (tertiary/aromatic N) is 2. The highest BCUT2D eigenvalue weighted by Gasteiger charge is 2.42. The number of anilines is 2. The quantitative estimate of drug-likeness (QED) is 0.184. The van der Waals surface area contributed by atoms with Gasteiger partial charge in [0.25, 0.3) is 11.8 Å². The fourth-order valence-electron chi connectivity index (χ4n) is 4.14. The Morgan fingerprint density at radius 1 is 0.652 bits per heavy atom. The second kappa shape index (κ2) is 15.9. The maximum atomic E-state index is 13.2. The van der Waals surface area contributed by atoms with Crippen molar-refractivity contribution in [3.05, 3.63) is 69.5 Å². The van der Waals surface area contributed by atoms with Gasteiger partial charge in [0.15, 0.2) is 0 Å². The number of benzene rings is 2. The van der Waals surface area contributed by atoms with Crippen LogP contribution in [0.25, 0.3) is 0 Å². The molecule has 0 aliphatic carbocycles. The van der Waals surface area contributed by atoms with Crippen LogP contribution in [0.1, 0.15) is 47.4 Å². The van der Waals surface area contributed by atoms with Gasteiger partial charge in [-0.1, -0.05) is 48.0 Å². The van der Waals surface area contributed by atoms with Crippen LogP contribution in [0.4, 0.5) is 11.4 Å². The average molecular weight is 701 g/mol. The molecule has 0 unspecified atom stereocenters.